The van der Waals surface area contributed by atoms with Crippen LogP contribution in [0.1, 0.15) is 41.0 Å². The Labute approximate surface area is 205 Å². The number of rotatable bonds is 4. The maximum absolute atomic E-state index is 13.3. The molecular weight excluding hydrogens is 438 g/mol. The molecule has 0 radical (unpaired) electrons. The summed E-state index contributed by atoms with van der Waals surface area (Å²) in [5.41, 5.74) is 3.72. The Morgan fingerprint density at radius 3 is 2.57 bits per heavy atom. The van der Waals surface area contributed by atoms with Crippen LogP contribution in [-0.4, -0.2) is 42.3 Å². The molecule has 178 valence electrons. The van der Waals surface area contributed by atoms with E-state index in [1.165, 1.54) is 16.7 Å². The lowest BCUT2D eigenvalue weighted by Gasteiger charge is -2.59. The normalized spacial score (nSPS) is 30.5. The van der Waals surface area contributed by atoms with Crippen molar-refractivity contribution in [2.75, 3.05) is 26.3 Å². The van der Waals surface area contributed by atoms with Crippen LogP contribution in [0, 0.1) is 11.3 Å². The molecule has 1 saturated carbocycles. The zero-order valence-electron chi connectivity index (χ0n) is 19.7. The molecule has 35 heavy (non-hydrogen) atoms. The SMILES string of the molecule is O=C(O)C12CN(Cc3ccccc3)CC1C1(c3ccc4c(c3)OCCO4)CCC2c2ccccc21. The molecule has 2 aliphatic heterocycles. The van der Waals surface area contributed by atoms with Crippen LogP contribution in [0.3, 0.4) is 0 Å². The first-order valence-electron chi connectivity index (χ1n) is 12.6. The van der Waals surface area contributed by atoms with Gasteiger partial charge < -0.3 is 14.6 Å². The third-order valence-electron chi connectivity index (χ3n) is 9.11. The topological polar surface area (TPSA) is 59.0 Å². The van der Waals surface area contributed by atoms with Gasteiger partial charge in [0.1, 0.15) is 13.2 Å². The highest BCUT2D eigenvalue weighted by atomic mass is 16.6. The van der Waals surface area contributed by atoms with Gasteiger partial charge in [0, 0.05) is 36.9 Å². The summed E-state index contributed by atoms with van der Waals surface area (Å²) in [6.07, 6.45) is 1.83. The standard InChI is InChI=1S/C30H29NO4/c32-28(33)30-19-31(17-20-6-2-1-3-7-20)18-27(30)29(13-12-24(30)22-8-4-5-9-23(22)29)21-10-11-25-26(16-21)35-15-14-34-25/h1-11,16,24,27H,12-15,17-19H2,(H,32,33). The highest BCUT2D eigenvalue weighted by molar-refractivity contribution is 5.80. The number of benzene rings is 3. The van der Waals surface area contributed by atoms with Gasteiger partial charge in [-0.15, -0.1) is 0 Å². The number of carboxylic acids is 1. The largest absolute Gasteiger partial charge is 0.486 e. The molecule has 5 heteroatoms. The zero-order valence-corrected chi connectivity index (χ0v) is 19.7. The van der Waals surface area contributed by atoms with Gasteiger partial charge in [-0.1, -0.05) is 60.7 Å². The van der Waals surface area contributed by atoms with Crippen molar-refractivity contribution in [2.45, 2.75) is 30.7 Å². The van der Waals surface area contributed by atoms with Crippen molar-refractivity contribution in [3.05, 3.63) is 95.1 Å². The second kappa shape index (κ2) is 7.59. The summed E-state index contributed by atoms with van der Waals surface area (Å²) >= 11 is 0. The van der Waals surface area contributed by atoms with Crippen molar-refractivity contribution in [3.8, 4) is 11.5 Å². The average molecular weight is 468 g/mol. The predicted molar refractivity (Wildman–Crippen MR) is 132 cm³/mol. The molecule has 1 N–H and O–H groups in total. The molecule has 4 unspecified atom stereocenters. The van der Waals surface area contributed by atoms with Crippen molar-refractivity contribution in [1.82, 2.24) is 4.90 Å². The van der Waals surface area contributed by atoms with Gasteiger partial charge >= 0.3 is 5.97 Å². The lowest BCUT2D eigenvalue weighted by atomic mass is 9.42. The number of hydrogen-bond acceptors (Lipinski definition) is 4. The number of carboxylic acid groups (broad SMARTS) is 1. The van der Waals surface area contributed by atoms with Crippen LogP contribution in [0.4, 0.5) is 0 Å². The molecule has 3 aromatic carbocycles. The van der Waals surface area contributed by atoms with Crippen molar-refractivity contribution in [3.63, 3.8) is 0 Å². The minimum atomic E-state index is -0.811. The first-order chi connectivity index (χ1) is 17.1. The Balaban J connectivity index is 1.41. The minimum absolute atomic E-state index is 0.0209. The fraction of sp³-hybridized carbons (Fsp3) is 0.367. The number of hydrogen-bond donors (Lipinski definition) is 1. The summed E-state index contributed by atoms with van der Waals surface area (Å²) in [5, 5.41) is 10.9. The molecule has 8 rings (SSSR count). The molecule has 1 saturated heterocycles. The van der Waals surface area contributed by atoms with Crippen LogP contribution in [0.2, 0.25) is 0 Å². The summed E-state index contributed by atoms with van der Waals surface area (Å²) in [7, 11) is 0. The van der Waals surface area contributed by atoms with Gasteiger partial charge in [0.2, 0.25) is 0 Å². The lowest BCUT2D eigenvalue weighted by Crippen LogP contribution is -2.60. The van der Waals surface area contributed by atoms with Gasteiger partial charge in [-0.25, -0.2) is 0 Å². The monoisotopic (exact) mass is 467 g/mol. The number of likely N-dealkylation sites (tertiary alicyclic amines) is 1. The van der Waals surface area contributed by atoms with Gasteiger partial charge in [-0.05, 0) is 47.2 Å². The molecule has 0 amide bonds. The van der Waals surface area contributed by atoms with Gasteiger partial charge in [-0.2, -0.15) is 0 Å². The molecule has 0 spiro atoms. The van der Waals surface area contributed by atoms with Crippen LogP contribution in [-0.2, 0) is 16.8 Å². The number of nitrogens with zero attached hydrogens (tertiary/aromatic N) is 1. The van der Waals surface area contributed by atoms with Crippen molar-refractivity contribution in [1.29, 1.82) is 0 Å². The Morgan fingerprint density at radius 1 is 0.971 bits per heavy atom. The zero-order chi connectivity index (χ0) is 23.6. The molecule has 4 atom stereocenters. The van der Waals surface area contributed by atoms with E-state index in [2.05, 4.69) is 65.6 Å². The van der Waals surface area contributed by atoms with E-state index in [4.69, 9.17) is 9.47 Å². The Bertz CT molecular complexity index is 1310. The molecule has 2 bridgehead atoms. The lowest BCUT2D eigenvalue weighted by molar-refractivity contribution is -0.157. The second-order valence-electron chi connectivity index (χ2n) is 10.6. The van der Waals surface area contributed by atoms with E-state index in [-0.39, 0.29) is 17.3 Å². The number of ether oxygens (including phenoxy) is 2. The third-order valence-corrected chi connectivity index (χ3v) is 9.11. The molecule has 5 nitrogen and oxygen atoms in total. The summed E-state index contributed by atoms with van der Waals surface area (Å²) < 4.78 is 11.8. The maximum Gasteiger partial charge on any atom is 0.311 e. The van der Waals surface area contributed by atoms with E-state index in [9.17, 15) is 9.90 Å². The highest BCUT2D eigenvalue weighted by Crippen LogP contribution is 2.69. The van der Waals surface area contributed by atoms with E-state index in [0.717, 1.165) is 43.0 Å². The van der Waals surface area contributed by atoms with Crippen molar-refractivity contribution in [2.24, 2.45) is 11.3 Å². The first kappa shape index (κ1) is 21.0. The molecule has 5 aliphatic rings. The van der Waals surface area contributed by atoms with E-state index in [1.807, 2.05) is 12.1 Å². The smallest absolute Gasteiger partial charge is 0.311 e. The summed E-state index contributed by atoms with van der Waals surface area (Å²) in [5.74, 6) is 0.900. The van der Waals surface area contributed by atoms with Gasteiger partial charge in [0.25, 0.3) is 0 Å². The van der Waals surface area contributed by atoms with Crippen molar-refractivity contribution >= 4 is 5.97 Å². The third kappa shape index (κ3) is 2.82. The molecule has 3 aromatic rings. The van der Waals surface area contributed by atoms with E-state index >= 15 is 0 Å². The van der Waals surface area contributed by atoms with Gasteiger partial charge in [0.05, 0.1) is 5.41 Å². The maximum atomic E-state index is 13.3. The second-order valence-corrected chi connectivity index (χ2v) is 10.6. The minimum Gasteiger partial charge on any atom is -0.486 e. The Morgan fingerprint density at radius 2 is 1.74 bits per heavy atom. The number of carbonyl (C=O) groups is 1. The molecule has 0 aromatic heterocycles. The molecule has 2 fully saturated rings. The highest BCUT2D eigenvalue weighted by Gasteiger charge is 2.70. The van der Waals surface area contributed by atoms with E-state index < -0.39 is 11.4 Å². The van der Waals surface area contributed by atoms with Gasteiger partial charge in [-0.3, -0.25) is 9.69 Å². The molecule has 3 aliphatic carbocycles. The van der Waals surface area contributed by atoms with Crippen LogP contribution in [0.25, 0.3) is 0 Å². The van der Waals surface area contributed by atoms with Crippen LogP contribution in [0.5, 0.6) is 11.5 Å². The Hall–Kier alpha value is -3.31. The molecule has 2 heterocycles. The van der Waals surface area contributed by atoms with Crippen molar-refractivity contribution < 1.29 is 19.4 Å². The number of fused-ring (bicyclic) bond motifs is 2. The summed E-state index contributed by atoms with van der Waals surface area (Å²) in [4.78, 5) is 15.7. The van der Waals surface area contributed by atoms with E-state index in [0.29, 0.717) is 19.8 Å². The Kier molecular flexibility index (Phi) is 4.56. The average Bonchev–Trinajstić information content (AvgIpc) is 3.31. The van der Waals surface area contributed by atoms with Crippen LogP contribution in [0.15, 0.2) is 72.8 Å². The summed E-state index contributed by atoms with van der Waals surface area (Å²) in [6, 6.07) is 25.3. The predicted octanol–water partition coefficient (Wildman–Crippen LogP) is 4.84. The summed E-state index contributed by atoms with van der Waals surface area (Å²) in [6.45, 7) is 3.21. The molecular formula is C30H29NO4. The van der Waals surface area contributed by atoms with Crippen LogP contribution >= 0.6 is 0 Å². The van der Waals surface area contributed by atoms with E-state index in [1.54, 1.807) is 0 Å². The first-order valence-corrected chi connectivity index (χ1v) is 12.6. The van der Waals surface area contributed by atoms with Crippen LogP contribution < -0.4 is 9.47 Å². The number of aliphatic carboxylic acids is 1. The fourth-order valence-corrected chi connectivity index (χ4v) is 7.83. The quantitative estimate of drug-likeness (QED) is 0.595. The fourth-order valence-electron chi connectivity index (χ4n) is 7.83. The van der Waals surface area contributed by atoms with Gasteiger partial charge in [0.15, 0.2) is 11.5 Å².